The van der Waals surface area contributed by atoms with Crippen LogP contribution in [0.5, 0.6) is 0 Å². The van der Waals surface area contributed by atoms with E-state index < -0.39 is 6.23 Å². The average molecular weight is 468 g/mol. The minimum absolute atomic E-state index is 0.00203. The number of rotatable bonds is 3. The van der Waals surface area contributed by atoms with E-state index in [9.17, 15) is 9.90 Å². The second kappa shape index (κ2) is 8.87. The molecule has 2 amide bonds. The van der Waals surface area contributed by atoms with Crippen molar-refractivity contribution in [2.75, 3.05) is 53.9 Å². The minimum Gasteiger partial charge on any atom is -0.377 e. The summed E-state index contributed by atoms with van der Waals surface area (Å²) in [5.41, 5.74) is 2.08. The molecule has 3 heterocycles. The number of likely N-dealkylation sites (N-methyl/N-ethyl adjacent to an activating group) is 1. The Morgan fingerprint density at radius 2 is 1.88 bits per heavy atom. The van der Waals surface area contributed by atoms with Crippen LogP contribution in [0.25, 0.3) is 0 Å². The Kier molecular flexibility index (Phi) is 6.03. The molecule has 1 aromatic rings. The number of aliphatic imine (C=N–C) groups is 1. The Labute approximate surface area is 202 Å². The highest BCUT2D eigenvalue weighted by molar-refractivity contribution is 5.84. The van der Waals surface area contributed by atoms with E-state index >= 15 is 0 Å². The summed E-state index contributed by atoms with van der Waals surface area (Å²) in [6.07, 6.45) is 5.18. The van der Waals surface area contributed by atoms with Crippen LogP contribution in [-0.2, 0) is 5.54 Å². The van der Waals surface area contributed by atoms with Crippen molar-refractivity contribution in [3.63, 3.8) is 0 Å². The van der Waals surface area contributed by atoms with Crippen molar-refractivity contribution in [1.82, 2.24) is 30.2 Å². The van der Waals surface area contributed by atoms with E-state index in [0.717, 1.165) is 50.4 Å². The third-order valence-corrected chi connectivity index (χ3v) is 8.13. The summed E-state index contributed by atoms with van der Waals surface area (Å²) in [6, 6.07) is 10.7. The van der Waals surface area contributed by atoms with Crippen molar-refractivity contribution in [3.8, 4) is 0 Å². The molecule has 5 rings (SSSR count). The Bertz CT molecular complexity index is 969. The number of piperazine rings is 1. The molecule has 184 valence electrons. The van der Waals surface area contributed by atoms with Gasteiger partial charge in [0, 0.05) is 25.7 Å². The number of β-amino-alcohol motifs (C(OH)–C–C–N with tert-alkyl or cyclic N) is 1. The molecule has 3 N–H and O–H groups in total. The molecule has 1 aromatic carbocycles. The van der Waals surface area contributed by atoms with Gasteiger partial charge in [0.1, 0.15) is 6.23 Å². The lowest BCUT2D eigenvalue weighted by Crippen LogP contribution is -2.56. The van der Waals surface area contributed by atoms with Crippen LogP contribution in [0.2, 0.25) is 0 Å². The smallest absolute Gasteiger partial charge is 0.322 e. The molecule has 0 bridgehead atoms. The maximum absolute atomic E-state index is 13.1. The number of guanidine groups is 1. The first-order valence-electron chi connectivity index (χ1n) is 12.3. The van der Waals surface area contributed by atoms with Crippen LogP contribution in [0.1, 0.15) is 31.2 Å². The SMILES string of the molecule is CN1CC(N2C[C@]3(CC[C@](c4ccccc4)(N(C)C)CC3)NC2=O)=CN=C1N1CCNC(O)C1. The first-order chi connectivity index (χ1) is 16.3. The first-order valence-corrected chi connectivity index (χ1v) is 12.3. The van der Waals surface area contributed by atoms with Crippen LogP contribution < -0.4 is 10.6 Å². The number of aliphatic hydroxyl groups is 1. The highest BCUT2D eigenvalue weighted by Gasteiger charge is 2.50. The monoisotopic (exact) mass is 467 g/mol. The molecule has 3 aliphatic heterocycles. The zero-order valence-corrected chi connectivity index (χ0v) is 20.5. The van der Waals surface area contributed by atoms with Crippen molar-refractivity contribution in [2.45, 2.75) is 43.0 Å². The van der Waals surface area contributed by atoms with Crippen LogP contribution in [0.3, 0.4) is 0 Å². The number of hydrogen-bond donors (Lipinski definition) is 3. The maximum atomic E-state index is 13.1. The van der Waals surface area contributed by atoms with E-state index in [4.69, 9.17) is 0 Å². The van der Waals surface area contributed by atoms with Gasteiger partial charge in [-0.25, -0.2) is 9.79 Å². The predicted molar refractivity (Wildman–Crippen MR) is 132 cm³/mol. The normalized spacial score (nSPS) is 32.2. The summed E-state index contributed by atoms with van der Waals surface area (Å²) in [5, 5.41) is 16.3. The summed E-state index contributed by atoms with van der Waals surface area (Å²) in [4.78, 5) is 26.2. The lowest BCUT2D eigenvalue weighted by Gasteiger charge is -2.48. The first kappa shape index (κ1) is 23.1. The maximum Gasteiger partial charge on any atom is 0.322 e. The van der Waals surface area contributed by atoms with Crippen LogP contribution in [-0.4, -0.2) is 102 Å². The molecular weight excluding hydrogens is 430 g/mol. The van der Waals surface area contributed by atoms with Gasteiger partial charge in [-0.2, -0.15) is 0 Å². The Morgan fingerprint density at radius 3 is 2.53 bits per heavy atom. The number of benzene rings is 1. The summed E-state index contributed by atoms with van der Waals surface area (Å²) >= 11 is 0. The molecule has 1 aliphatic carbocycles. The van der Waals surface area contributed by atoms with E-state index in [-0.39, 0.29) is 17.1 Å². The standard InChI is InChI=1S/C25H37N7O2/c1-29(2)25(19-7-5-4-6-8-19)11-9-24(10-12-25)18-32(23(34)28-24)20-15-27-22(30(3)16-20)31-14-13-26-21(33)17-31/h4-8,15,21,26,33H,9-14,16-18H2,1-3H3,(H,28,34)/t21?,24-,25+. The molecule has 34 heavy (non-hydrogen) atoms. The lowest BCUT2D eigenvalue weighted by atomic mass is 9.69. The number of carbonyl (C=O) groups excluding carboxylic acids is 1. The average Bonchev–Trinajstić information content (AvgIpc) is 3.15. The molecule has 1 unspecified atom stereocenters. The van der Waals surface area contributed by atoms with Crippen molar-refractivity contribution in [2.24, 2.45) is 4.99 Å². The van der Waals surface area contributed by atoms with Crippen molar-refractivity contribution in [3.05, 3.63) is 47.8 Å². The number of nitrogens with one attached hydrogen (secondary N) is 2. The van der Waals surface area contributed by atoms with Crippen molar-refractivity contribution in [1.29, 1.82) is 0 Å². The number of amides is 2. The Hall–Kier alpha value is -2.62. The quantitative estimate of drug-likeness (QED) is 0.618. The zero-order chi connectivity index (χ0) is 23.9. The van der Waals surface area contributed by atoms with Crippen molar-refractivity contribution >= 4 is 12.0 Å². The fourth-order valence-electron chi connectivity index (χ4n) is 6.08. The van der Waals surface area contributed by atoms with Gasteiger partial charge < -0.3 is 20.2 Å². The number of hydrogen-bond acceptors (Lipinski definition) is 7. The van der Waals surface area contributed by atoms with Gasteiger partial charge in [-0.15, -0.1) is 0 Å². The van der Waals surface area contributed by atoms with Gasteiger partial charge in [0.15, 0.2) is 0 Å². The zero-order valence-electron chi connectivity index (χ0n) is 20.5. The second-order valence-electron chi connectivity index (χ2n) is 10.4. The van der Waals surface area contributed by atoms with Crippen molar-refractivity contribution < 1.29 is 9.90 Å². The van der Waals surface area contributed by atoms with E-state index in [1.54, 1.807) is 0 Å². The minimum atomic E-state index is -0.545. The van der Waals surface area contributed by atoms with Gasteiger partial charge >= 0.3 is 6.03 Å². The third kappa shape index (κ3) is 4.06. The molecule has 1 atom stereocenters. The van der Waals surface area contributed by atoms with Gasteiger partial charge in [-0.1, -0.05) is 30.3 Å². The fraction of sp³-hybridized carbons (Fsp3) is 0.600. The topological polar surface area (TPSA) is 86.7 Å². The Balaban J connectivity index is 1.30. The molecule has 9 nitrogen and oxygen atoms in total. The lowest BCUT2D eigenvalue weighted by molar-refractivity contribution is 0.0626. The number of carbonyl (C=O) groups is 1. The molecule has 0 radical (unpaired) electrons. The number of urea groups is 1. The highest BCUT2D eigenvalue weighted by Crippen LogP contribution is 2.46. The van der Waals surface area contributed by atoms with Gasteiger partial charge in [0.2, 0.25) is 5.96 Å². The van der Waals surface area contributed by atoms with Crippen LogP contribution in [0.4, 0.5) is 4.79 Å². The van der Waals surface area contributed by atoms with Crippen LogP contribution in [0, 0.1) is 0 Å². The fourth-order valence-corrected chi connectivity index (χ4v) is 6.08. The summed E-state index contributed by atoms with van der Waals surface area (Å²) in [5.74, 6) is 0.843. The van der Waals surface area contributed by atoms with E-state index in [2.05, 4.69) is 74.8 Å². The molecule has 9 heteroatoms. The van der Waals surface area contributed by atoms with Gasteiger partial charge in [0.05, 0.1) is 37.1 Å². The van der Waals surface area contributed by atoms with Crippen LogP contribution >= 0.6 is 0 Å². The summed E-state index contributed by atoms with van der Waals surface area (Å²) in [6.45, 7) is 3.33. The summed E-state index contributed by atoms with van der Waals surface area (Å²) in [7, 11) is 6.33. The van der Waals surface area contributed by atoms with Gasteiger partial charge in [-0.3, -0.25) is 15.1 Å². The Morgan fingerprint density at radius 1 is 1.15 bits per heavy atom. The highest BCUT2D eigenvalue weighted by atomic mass is 16.3. The molecule has 1 saturated carbocycles. The van der Waals surface area contributed by atoms with E-state index in [1.807, 2.05) is 18.1 Å². The van der Waals surface area contributed by atoms with Gasteiger partial charge in [0.25, 0.3) is 0 Å². The van der Waals surface area contributed by atoms with E-state index in [1.165, 1.54) is 5.56 Å². The third-order valence-electron chi connectivity index (χ3n) is 8.13. The summed E-state index contributed by atoms with van der Waals surface area (Å²) < 4.78 is 0. The van der Waals surface area contributed by atoms with E-state index in [0.29, 0.717) is 19.6 Å². The second-order valence-corrected chi connectivity index (χ2v) is 10.4. The molecule has 3 fully saturated rings. The predicted octanol–water partition coefficient (Wildman–Crippen LogP) is 1.15. The molecule has 4 aliphatic rings. The molecular formula is C25H37N7O2. The number of nitrogens with zero attached hydrogens (tertiary/aromatic N) is 5. The molecule has 0 aromatic heterocycles. The molecule has 1 spiro atoms. The number of aliphatic hydroxyl groups excluding tert-OH is 1. The van der Waals surface area contributed by atoms with Gasteiger partial charge in [-0.05, 0) is 45.3 Å². The van der Waals surface area contributed by atoms with Crippen LogP contribution in [0.15, 0.2) is 47.2 Å². The molecule has 2 saturated heterocycles. The largest absolute Gasteiger partial charge is 0.377 e.